The number of benzene rings is 1. The second-order valence-electron chi connectivity index (χ2n) is 3.67. The highest BCUT2D eigenvalue weighted by Gasteiger charge is 2.16. The quantitative estimate of drug-likeness (QED) is 0.414. The smallest absolute Gasteiger partial charge is 0.211 e. The summed E-state index contributed by atoms with van der Waals surface area (Å²) in [5.41, 5.74) is 13.5. The second kappa shape index (κ2) is 4.22. The molecule has 0 unspecified atom stereocenters. The van der Waals surface area contributed by atoms with E-state index in [9.17, 15) is 0 Å². The van der Waals surface area contributed by atoms with Crippen LogP contribution in [0, 0.1) is 6.92 Å². The molecule has 0 aromatic heterocycles. The molecular formula is C11H14N4O. The van der Waals surface area contributed by atoms with Crippen molar-refractivity contribution in [3.63, 3.8) is 0 Å². The first-order valence-corrected chi connectivity index (χ1v) is 5.06. The Labute approximate surface area is 93.8 Å². The lowest BCUT2D eigenvalue weighted by Crippen LogP contribution is -2.22. The third-order valence-corrected chi connectivity index (χ3v) is 2.33. The van der Waals surface area contributed by atoms with Crippen LogP contribution in [0.3, 0.4) is 0 Å². The zero-order valence-electron chi connectivity index (χ0n) is 9.10. The summed E-state index contributed by atoms with van der Waals surface area (Å²) in [6, 6.07) is 5.97. The third-order valence-electron chi connectivity index (χ3n) is 2.33. The second-order valence-corrected chi connectivity index (χ2v) is 3.67. The summed E-state index contributed by atoms with van der Waals surface area (Å²) in [5, 5.41) is 7.72. The van der Waals surface area contributed by atoms with Crippen LogP contribution in [0.15, 0.2) is 28.4 Å². The first-order chi connectivity index (χ1) is 7.66. The van der Waals surface area contributed by atoms with Crippen LogP contribution in [-0.4, -0.2) is 18.3 Å². The largest absolute Gasteiger partial charge is 0.492 e. The summed E-state index contributed by atoms with van der Waals surface area (Å²) >= 11 is 0. The molecule has 1 aliphatic rings. The van der Waals surface area contributed by atoms with Gasteiger partial charge in [0.1, 0.15) is 5.75 Å². The number of aryl methyl sites for hydroxylation is 1. The van der Waals surface area contributed by atoms with E-state index in [1.54, 1.807) is 0 Å². The van der Waals surface area contributed by atoms with Crippen molar-refractivity contribution in [3.05, 3.63) is 29.3 Å². The van der Waals surface area contributed by atoms with E-state index in [4.69, 9.17) is 16.2 Å². The number of fused-ring (bicyclic) bond motifs is 1. The van der Waals surface area contributed by atoms with Gasteiger partial charge in [-0.3, -0.25) is 0 Å². The fraction of sp³-hybridized carbons (Fsp3) is 0.273. The predicted octanol–water partition coefficient (Wildman–Crippen LogP) is 0.755. The molecule has 0 radical (unpaired) electrons. The normalized spacial score (nSPS) is 16.4. The molecule has 2 rings (SSSR count). The van der Waals surface area contributed by atoms with Crippen molar-refractivity contribution in [2.75, 3.05) is 6.61 Å². The number of ether oxygens (including phenoxy) is 1. The van der Waals surface area contributed by atoms with Crippen molar-refractivity contribution in [3.8, 4) is 5.75 Å². The maximum absolute atomic E-state index is 5.52. The van der Waals surface area contributed by atoms with Crippen molar-refractivity contribution in [1.29, 1.82) is 0 Å². The van der Waals surface area contributed by atoms with Crippen LogP contribution in [-0.2, 0) is 0 Å². The van der Waals surface area contributed by atoms with E-state index in [2.05, 4.69) is 10.2 Å². The first-order valence-electron chi connectivity index (χ1n) is 5.06. The van der Waals surface area contributed by atoms with Gasteiger partial charge < -0.3 is 16.2 Å². The molecule has 4 N–H and O–H groups in total. The molecule has 16 heavy (non-hydrogen) atoms. The molecule has 1 aliphatic heterocycles. The first kappa shape index (κ1) is 10.5. The van der Waals surface area contributed by atoms with Gasteiger partial charge in [-0.25, -0.2) is 0 Å². The van der Waals surface area contributed by atoms with Gasteiger partial charge in [0.15, 0.2) is 0 Å². The molecule has 84 valence electrons. The van der Waals surface area contributed by atoms with Gasteiger partial charge in [0.25, 0.3) is 0 Å². The maximum atomic E-state index is 5.52. The fourth-order valence-corrected chi connectivity index (χ4v) is 1.61. The molecule has 5 nitrogen and oxygen atoms in total. The van der Waals surface area contributed by atoms with E-state index < -0.39 is 0 Å². The van der Waals surface area contributed by atoms with Gasteiger partial charge in [-0.05, 0) is 19.1 Å². The Kier molecular flexibility index (Phi) is 2.76. The summed E-state index contributed by atoms with van der Waals surface area (Å²) in [6.07, 6.45) is 0.716. The molecular weight excluding hydrogens is 204 g/mol. The fourth-order valence-electron chi connectivity index (χ4n) is 1.61. The molecule has 0 bridgehead atoms. The summed E-state index contributed by atoms with van der Waals surface area (Å²) in [6.45, 7) is 2.63. The van der Waals surface area contributed by atoms with Gasteiger partial charge in [0.05, 0.1) is 12.3 Å². The topological polar surface area (TPSA) is 86.0 Å². The summed E-state index contributed by atoms with van der Waals surface area (Å²) < 4.78 is 5.52. The van der Waals surface area contributed by atoms with E-state index >= 15 is 0 Å². The van der Waals surface area contributed by atoms with Crippen molar-refractivity contribution in [2.24, 2.45) is 21.7 Å². The van der Waals surface area contributed by atoms with Crippen molar-refractivity contribution in [1.82, 2.24) is 0 Å². The standard InChI is InChI=1S/C11H14N4O/c1-7-2-3-10-8(6-7)9(4-5-16-10)14-15-11(12)13/h2-3,6H,4-5H2,1H3,(H4,12,13,15)/b14-9-. The van der Waals surface area contributed by atoms with E-state index in [0.29, 0.717) is 13.0 Å². The highest BCUT2D eigenvalue weighted by molar-refractivity contribution is 6.04. The molecule has 0 aliphatic carbocycles. The van der Waals surface area contributed by atoms with Gasteiger partial charge >= 0.3 is 0 Å². The number of nitrogens with two attached hydrogens (primary N) is 2. The molecule has 0 amide bonds. The monoisotopic (exact) mass is 218 g/mol. The van der Waals surface area contributed by atoms with Crippen LogP contribution < -0.4 is 16.2 Å². The van der Waals surface area contributed by atoms with Crippen molar-refractivity contribution in [2.45, 2.75) is 13.3 Å². The molecule has 1 aromatic carbocycles. The molecule has 0 saturated heterocycles. The Bertz CT molecular complexity index is 461. The van der Waals surface area contributed by atoms with Gasteiger partial charge in [-0.15, -0.1) is 5.10 Å². The number of hydrogen-bond acceptors (Lipinski definition) is 3. The van der Waals surface area contributed by atoms with E-state index in [1.165, 1.54) is 0 Å². The number of nitrogens with zero attached hydrogens (tertiary/aromatic N) is 2. The highest BCUT2D eigenvalue weighted by atomic mass is 16.5. The van der Waals surface area contributed by atoms with Crippen molar-refractivity contribution < 1.29 is 4.74 Å². The van der Waals surface area contributed by atoms with Crippen molar-refractivity contribution >= 4 is 11.7 Å². The number of hydrogen-bond donors (Lipinski definition) is 2. The summed E-state index contributed by atoms with van der Waals surface area (Å²) in [4.78, 5) is 0. The molecule has 0 fully saturated rings. The lowest BCUT2D eigenvalue weighted by atomic mass is 10.0. The summed E-state index contributed by atoms with van der Waals surface area (Å²) in [7, 11) is 0. The van der Waals surface area contributed by atoms with Crippen LogP contribution >= 0.6 is 0 Å². The molecule has 1 heterocycles. The predicted molar refractivity (Wildman–Crippen MR) is 63.6 cm³/mol. The molecule has 0 atom stereocenters. The average Bonchev–Trinajstić information content (AvgIpc) is 2.26. The molecule has 1 aromatic rings. The Morgan fingerprint density at radius 1 is 1.38 bits per heavy atom. The Hall–Kier alpha value is -2.04. The van der Waals surface area contributed by atoms with Crippen LogP contribution in [0.4, 0.5) is 0 Å². The minimum absolute atomic E-state index is 0.0341. The van der Waals surface area contributed by atoms with E-state index in [0.717, 1.165) is 22.6 Å². The minimum Gasteiger partial charge on any atom is -0.492 e. The minimum atomic E-state index is -0.0341. The zero-order valence-corrected chi connectivity index (χ0v) is 9.10. The maximum Gasteiger partial charge on any atom is 0.211 e. The number of guanidine groups is 1. The Morgan fingerprint density at radius 3 is 2.94 bits per heavy atom. The van der Waals surface area contributed by atoms with Gasteiger partial charge in [-0.2, -0.15) is 5.10 Å². The van der Waals surface area contributed by atoms with Gasteiger partial charge in [-0.1, -0.05) is 11.6 Å². The van der Waals surface area contributed by atoms with Crippen LogP contribution in [0.25, 0.3) is 0 Å². The van der Waals surface area contributed by atoms with Crippen LogP contribution in [0.1, 0.15) is 17.5 Å². The lowest BCUT2D eigenvalue weighted by Gasteiger charge is -2.18. The SMILES string of the molecule is Cc1ccc2c(c1)/C(=N\N=C(N)N)CCO2. The Balaban J connectivity index is 2.43. The van der Waals surface area contributed by atoms with Crippen LogP contribution in [0.5, 0.6) is 5.75 Å². The van der Waals surface area contributed by atoms with E-state index in [-0.39, 0.29) is 5.96 Å². The number of rotatable bonds is 1. The van der Waals surface area contributed by atoms with Gasteiger partial charge in [0.2, 0.25) is 5.96 Å². The third kappa shape index (κ3) is 2.13. The summed E-state index contributed by atoms with van der Waals surface area (Å²) in [5.74, 6) is 0.801. The lowest BCUT2D eigenvalue weighted by molar-refractivity contribution is 0.320. The molecule has 0 spiro atoms. The average molecular weight is 218 g/mol. The molecule has 5 heteroatoms. The highest BCUT2D eigenvalue weighted by Crippen LogP contribution is 2.26. The van der Waals surface area contributed by atoms with E-state index in [1.807, 2.05) is 25.1 Å². The van der Waals surface area contributed by atoms with Gasteiger partial charge in [0, 0.05) is 12.0 Å². The zero-order chi connectivity index (χ0) is 11.5. The Morgan fingerprint density at radius 2 is 2.19 bits per heavy atom. The van der Waals surface area contributed by atoms with Crippen LogP contribution in [0.2, 0.25) is 0 Å². The molecule has 0 saturated carbocycles.